The van der Waals surface area contributed by atoms with E-state index in [2.05, 4.69) is 10.0 Å². The lowest BCUT2D eigenvalue weighted by Crippen LogP contribution is -2.52. The zero-order valence-corrected chi connectivity index (χ0v) is 9.41. The molecule has 0 N–H and O–H groups in total. The number of likely N-dealkylation sites (tertiary alicyclic amines) is 1. The van der Waals surface area contributed by atoms with Gasteiger partial charge in [-0.15, -0.1) is 0 Å². The molecule has 0 bridgehead atoms. The van der Waals surface area contributed by atoms with Crippen molar-refractivity contribution in [2.24, 2.45) is 5.11 Å². The number of ether oxygens (including phenoxy) is 1. The van der Waals surface area contributed by atoms with Crippen LogP contribution in [0.3, 0.4) is 0 Å². The van der Waals surface area contributed by atoms with Crippen LogP contribution >= 0.6 is 0 Å². The minimum absolute atomic E-state index is 0.0909. The van der Waals surface area contributed by atoms with Crippen LogP contribution in [0.2, 0.25) is 0 Å². The highest BCUT2D eigenvalue weighted by Gasteiger charge is 2.31. The fraction of sp³-hybridized carbons (Fsp3) is 0.364. The summed E-state index contributed by atoms with van der Waals surface area (Å²) in [6.07, 6.45) is 0. The Morgan fingerprint density at radius 3 is 2.88 bits per heavy atom. The van der Waals surface area contributed by atoms with Crippen LogP contribution in [-0.2, 0) is 0 Å². The molecule has 1 aromatic rings. The summed E-state index contributed by atoms with van der Waals surface area (Å²) >= 11 is 0. The van der Waals surface area contributed by atoms with Crippen molar-refractivity contribution in [1.29, 1.82) is 0 Å². The van der Waals surface area contributed by atoms with Crippen LogP contribution in [0.25, 0.3) is 10.4 Å². The highest BCUT2D eigenvalue weighted by Crippen LogP contribution is 2.22. The lowest BCUT2D eigenvalue weighted by molar-refractivity contribution is 0.0605. The predicted octanol–water partition coefficient (Wildman–Crippen LogP) is 1.83. The van der Waals surface area contributed by atoms with Crippen molar-refractivity contribution in [3.05, 3.63) is 40.3 Å². The number of para-hydroxylation sites is 1. The third-order valence-corrected chi connectivity index (χ3v) is 2.70. The molecular weight excluding hydrogens is 220 g/mol. The topological polar surface area (TPSA) is 78.3 Å². The highest BCUT2D eigenvalue weighted by atomic mass is 16.5. The van der Waals surface area contributed by atoms with Gasteiger partial charge in [0.05, 0.1) is 18.7 Å². The van der Waals surface area contributed by atoms with E-state index >= 15 is 0 Å². The van der Waals surface area contributed by atoms with Gasteiger partial charge in [0.15, 0.2) is 0 Å². The van der Waals surface area contributed by atoms with Gasteiger partial charge in [0.1, 0.15) is 5.75 Å². The van der Waals surface area contributed by atoms with Crippen molar-refractivity contribution in [2.75, 3.05) is 20.2 Å². The van der Waals surface area contributed by atoms with E-state index in [0.717, 1.165) is 0 Å². The number of methoxy groups -OCH3 is 1. The van der Waals surface area contributed by atoms with Crippen LogP contribution in [-0.4, -0.2) is 37.0 Å². The van der Waals surface area contributed by atoms with Gasteiger partial charge < -0.3 is 9.64 Å². The molecule has 2 rings (SSSR count). The monoisotopic (exact) mass is 232 g/mol. The SMILES string of the molecule is COc1ccccc1C(=O)N1CC(N=[N+]=[N-])C1. The number of hydrogen-bond donors (Lipinski definition) is 0. The number of carbonyl (C=O) groups excluding carboxylic acids is 1. The molecule has 88 valence electrons. The van der Waals surface area contributed by atoms with Gasteiger partial charge in [0.2, 0.25) is 0 Å². The molecule has 0 unspecified atom stereocenters. The maximum absolute atomic E-state index is 12.1. The van der Waals surface area contributed by atoms with Crippen LogP contribution in [0, 0.1) is 0 Å². The number of rotatable bonds is 3. The van der Waals surface area contributed by atoms with Gasteiger partial charge in [-0.2, -0.15) is 0 Å². The van der Waals surface area contributed by atoms with Crippen LogP contribution < -0.4 is 4.74 Å². The largest absolute Gasteiger partial charge is 0.496 e. The Kier molecular flexibility index (Phi) is 3.16. The first-order chi connectivity index (χ1) is 8.26. The number of nitrogens with zero attached hydrogens (tertiary/aromatic N) is 4. The van der Waals surface area contributed by atoms with Gasteiger partial charge in [0.25, 0.3) is 5.91 Å². The molecule has 1 heterocycles. The van der Waals surface area contributed by atoms with Crippen molar-refractivity contribution in [3.8, 4) is 5.75 Å². The van der Waals surface area contributed by atoms with Gasteiger partial charge in [0, 0.05) is 18.0 Å². The Balaban J connectivity index is 2.09. The van der Waals surface area contributed by atoms with Crippen LogP contribution in [0.5, 0.6) is 5.75 Å². The number of carbonyl (C=O) groups is 1. The minimum Gasteiger partial charge on any atom is -0.496 e. The van der Waals surface area contributed by atoms with Crippen LogP contribution in [0.1, 0.15) is 10.4 Å². The summed E-state index contributed by atoms with van der Waals surface area (Å²) in [6.45, 7) is 0.946. The van der Waals surface area contributed by atoms with Crippen molar-refractivity contribution in [1.82, 2.24) is 4.90 Å². The summed E-state index contributed by atoms with van der Waals surface area (Å²) in [5.74, 6) is 0.469. The Morgan fingerprint density at radius 1 is 1.53 bits per heavy atom. The van der Waals surface area contributed by atoms with Crippen molar-refractivity contribution < 1.29 is 9.53 Å². The molecule has 17 heavy (non-hydrogen) atoms. The van der Waals surface area contributed by atoms with Crippen LogP contribution in [0.15, 0.2) is 29.4 Å². The van der Waals surface area contributed by atoms with E-state index in [-0.39, 0.29) is 11.9 Å². The third kappa shape index (κ3) is 2.16. The van der Waals surface area contributed by atoms with E-state index in [0.29, 0.717) is 24.4 Å². The molecule has 1 amide bonds. The average molecular weight is 232 g/mol. The molecule has 1 saturated heterocycles. The van der Waals surface area contributed by atoms with Crippen LogP contribution in [0.4, 0.5) is 0 Å². The van der Waals surface area contributed by atoms with E-state index in [1.165, 1.54) is 7.11 Å². The molecule has 0 radical (unpaired) electrons. The number of hydrogen-bond acceptors (Lipinski definition) is 3. The number of amides is 1. The normalized spacial score (nSPS) is 14.8. The van der Waals surface area contributed by atoms with E-state index in [1.54, 1.807) is 23.1 Å². The van der Waals surface area contributed by atoms with E-state index in [4.69, 9.17) is 10.3 Å². The summed E-state index contributed by atoms with van der Waals surface area (Å²) in [4.78, 5) is 16.4. The molecule has 1 aromatic carbocycles. The maximum atomic E-state index is 12.1. The van der Waals surface area contributed by atoms with E-state index in [9.17, 15) is 4.79 Å². The number of benzene rings is 1. The molecule has 0 spiro atoms. The molecule has 0 aromatic heterocycles. The van der Waals surface area contributed by atoms with Crippen molar-refractivity contribution in [3.63, 3.8) is 0 Å². The second-order valence-corrected chi connectivity index (χ2v) is 3.77. The highest BCUT2D eigenvalue weighted by molar-refractivity contribution is 5.97. The zero-order chi connectivity index (χ0) is 12.3. The Labute approximate surface area is 98.4 Å². The lowest BCUT2D eigenvalue weighted by Gasteiger charge is -2.36. The number of azide groups is 1. The quantitative estimate of drug-likeness (QED) is 0.452. The summed E-state index contributed by atoms with van der Waals surface area (Å²) in [6, 6.07) is 6.98. The van der Waals surface area contributed by atoms with Gasteiger partial charge >= 0.3 is 0 Å². The third-order valence-electron chi connectivity index (χ3n) is 2.70. The summed E-state index contributed by atoms with van der Waals surface area (Å²) in [5, 5.41) is 3.55. The van der Waals surface area contributed by atoms with Crippen molar-refractivity contribution >= 4 is 5.91 Å². The molecule has 0 aliphatic carbocycles. The Morgan fingerprint density at radius 2 is 2.24 bits per heavy atom. The van der Waals surface area contributed by atoms with Gasteiger partial charge in [-0.1, -0.05) is 17.2 Å². The smallest absolute Gasteiger partial charge is 0.257 e. The standard InChI is InChI=1S/C11H12N4O2/c1-17-10-5-3-2-4-9(10)11(16)15-6-8(7-15)13-14-12/h2-5,8H,6-7H2,1H3. The molecular formula is C11H12N4O2. The first kappa shape index (κ1) is 11.3. The molecule has 0 atom stereocenters. The van der Waals surface area contributed by atoms with Gasteiger partial charge in [-0.25, -0.2) is 0 Å². The summed E-state index contributed by atoms with van der Waals surface area (Å²) < 4.78 is 5.13. The molecule has 1 aliphatic heterocycles. The maximum Gasteiger partial charge on any atom is 0.257 e. The Bertz CT molecular complexity index is 476. The van der Waals surface area contributed by atoms with Gasteiger partial charge in [-0.3, -0.25) is 4.79 Å². The molecule has 1 aliphatic rings. The summed E-state index contributed by atoms with van der Waals surface area (Å²) in [7, 11) is 1.53. The Hall–Kier alpha value is -2.20. The first-order valence-corrected chi connectivity index (χ1v) is 5.22. The fourth-order valence-electron chi connectivity index (χ4n) is 1.76. The van der Waals surface area contributed by atoms with Crippen molar-refractivity contribution in [2.45, 2.75) is 6.04 Å². The second kappa shape index (κ2) is 4.76. The molecule has 1 fully saturated rings. The van der Waals surface area contributed by atoms with E-state index in [1.807, 2.05) is 6.07 Å². The summed E-state index contributed by atoms with van der Waals surface area (Å²) in [5.41, 5.74) is 8.80. The molecule has 0 saturated carbocycles. The molecule has 6 heteroatoms. The van der Waals surface area contributed by atoms with Gasteiger partial charge in [-0.05, 0) is 17.7 Å². The minimum atomic E-state index is -0.0985. The predicted molar refractivity (Wildman–Crippen MR) is 61.8 cm³/mol. The second-order valence-electron chi connectivity index (χ2n) is 3.77. The first-order valence-electron chi connectivity index (χ1n) is 5.22. The molecule has 6 nitrogen and oxygen atoms in total. The lowest BCUT2D eigenvalue weighted by atomic mass is 10.1. The average Bonchev–Trinajstić information content (AvgIpc) is 2.32. The zero-order valence-electron chi connectivity index (χ0n) is 9.41. The van der Waals surface area contributed by atoms with E-state index < -0.39 is 0 Å². The fourth-order valence-corrected chi connectivity index (χ4v) is 1.76.